The van der Waals surface area contributed by atoms with Crippen LogP contribution >= 0.6 is 0 Å². The molecule has 3 heterocycles. The fourth-order valence-electron chi connectivity index (χ4n) is 3.18. The largest absolute Gasteiger partial charge is 0.294 e. The van der Waals surface area contributed by atoms with Crippen LogP contribution in [0.2, 0.25) is 0 Å². The standard InChI is InChI=1S/C16H15N9O2/c1-9(6-23-8-18-20-22-23)24-7-17-13-4-12-14(5-11(13)15(24)26)19-21-25(16(12)27)10-2-3-10/h4-5,7-10H,2-3,6H2,1H3/t9-/m1/s1. The predicted octanol–water partition coefficient (Wildman–Crippen LogP) is 0.0840. The first-order chi connectivity index (χ1) is 13.1. The monoisotopic (exact) mass is 365 g/mol. The zero-order valence-corrected chi connectivity index (χ0v) is 14.4. The van der Waals surface area contributed by atoms with E-state index in [9.17, 15) is 9.59 Å². The van der Waals surface area contributed by atoms with E-state index in [1.54, 1.807) is 16.8 Å². The summed E-state index contributed by atoms with van der Waals surface area (Å²) in [5.74, 6) is 0. The normalized spacial score (nSPS) is 15.4. The molecule has 4 aromatic rings. The molecule has 136 valence electrons. The molecule has 0 unspecified atom stereocenters. The lowest BCUT2D eigenvalue weighted by Crippen LogP contribution is -2.27. The molecule has 0 spiro atoms. The van der Waals surface area contributed by atoms with Crippen LogP contribution in [0.1, 0.15) is 31.8 Å². The van der Waals surface area contributed by atoms with Gasteiger partial charge < -0.3 is 0 Å². The van der Waals surface area contributed by atoms with Crippen LogP contribution in [0.25, 0.3) is 21.8 Å². The molecular weight excluding hydrogens is 350 g/mol. The van der Waals surface area contributed by atoms with Crippen molar-refractivity contribution in [1.29, 1.82) is 0 Å². The second-order valence-corrected chi connectivity index (χ2v) is 6.79. The van der Waals surface area contributed by atoms with E-state index in [-0.39, 0.29) is 23.2 Å². The molecule has 1 aliphatic rings. The molecule has 1 fully saturated rings. The van der Waals surface area contributed by atoms with Crippen molar-refractivity contribution < 1.29 is 0 Å². The van der Waals surface area contributed by atoms with Gasteiger partial charge in [0, 0.05) is 0 Å². The van der Waals surface area contributed by atoms with E-state index < -0.39 is 0 Å². The maximum atomic E-state index is 12.9. The molecule has 0 aliphatic heterocycles. The highest BCUT2D eigenvalue weighted by atomic mass is 16.1. The Morgan fingerprint density at radius 3 is 2.59 bits per heavy atom. The quantitative estimate of drug-likeness (QED) is 0.466. The van der Waals surface area contributed by atoms with E-state index in [1.807, 2.05) is 6.92 Å². The minimum Gasteiger partial charge on any atom is -0.294 e. The number of rotatable bonds is 4. The Hall–Kier alpha value is -3.50. The Kier molecular flexibility index (Phi) is 3.35. The number of benzene rings is 1. The van der Waals surface area contributed by atoms with Crippen LogP contribution in [-0.4, -0.2) is 44.8 Å². The third kappa shape index (κ3) is 2.58. The van der Waals surface area contributed by atoms with Crippen LogP contribution in [0, 0.1) is 0 Å². The number of fused-ring (bicyclic) bond motifs is 2. The number of aromatic nitrogens is 9. The van der Waals surface area contributed by atoms with Gasteiger partial charge in [0.25, 0.3) is 11.1 Å². The first kappa shape index (κ1) is 15.7. The Bertz CT molecular complexity index is 1270. The SMILES string of the molecule is C[C@H](Cn1cnnn1)n1cnc2cc3c(=O)n(C4CC4)nnc3cc2c1=O. The first-order valence-electron chi connectivity index (χ1n) is 8.62. The maximum absolute atomic E-state index is 12.9. The smallest absolute Gasteiger partial charge is 0.277 e. The van der Waals surface area contributed by atoms with Gasteiger partial charge in [-0.05, 0) is 42.3 Å². The van der Waals surface area contributed by atoms with Crippen molar-refractivity contribution in [3.05, 3.63) is 45.5 Å². The average Bonchev–Trinajstić information content (AvgIpc) is 3.38. The molecule has 27 heavy (non-hydrogen) atoms. The number of hydrogen-bond acceptors (Lipinski definition) is 8. The first-order valence-corrected chi connectivity index (χ1v) is 8.62. The number of nitrogens with zero attached hydrogens (tertiary/aromatic N) is 9. The van der Waals surface area contributed by atoms with Crippen molar-refractivity contribution in [1.82, 2.24) is 44.8 Å². The summed E-state index contributed by atoms with van der Waals surface area (Å²) in [6, 6.07) is 3.14. The van der Waals surface area contributed by atoms with Crippen LogP contribution in [0.3, 0.4) is 0 Å². The van der Waals surface area contributed by atoms with Crippen molar-refractivity contribution >= 4 is 21.8 Å². The van der Waals surface area contributed by atoms with Gasteiger partial charge in [0.1, 0.15) is 11.8 Å². The van der Waals surface area contributed by atoms with Crippen molar-refractivity contribution in [2.24, 2.45) is 0 Å². The van der Waals surface area contributed by atoms with Crippen LogP contribution in [0.4, 0.5) is 0 Å². The molecule has 0 amide bonds. The lowest BCUT2D eigenvalue weighted by atomic mass is 10.1. The van der Waals surface area contributed by atoms with Crippen molar-refractivity contribution in [2.75, 3.05) is 0 Å². The highest BCUT2D eigenvalue weighted by Gasteiger charge is 2.27. The zero-order chi connectivity index (χ0) is 18.5. The van der Waals surface area contributed by atoms with Crippen molar-refractivity contribution in [3.8, 4) is 0 Å². The maximum Gasteiger partial charge on any atom is 0.277 e. The Morgan fingerprint density at radius 1 is 1.07 bits per heavy atom. The van der Waals surface area contributed by atoms with Gasteiger partial charge in [-0.1, -0.05) is 5.21 Å². The van der Waals surface area contributed by atoms with Crippen molar-refractivity contribution in [2.45, 2.75) is 38.4 Å². The second-order valence-electron chi connectivity index (χ2n) is 6.79. The summed E-state index contributed by atoms with van der Waals surface area (Å²) in [4.78, 5) is 29.9. The molecule has 11 heteroatoms. The summed E-state index contributed by atoms with van der Waals surface area (Å²) >= 11 is 0. The van der Waals surface area contributed by atoms with Gasteiger partial charge in [-0.2, -0.15) is 0 Å². The fourth-order valence-corrected chi connectivity index (χ4v) is 3.18. The highest BCUT2D eigenvalue weighted by Crippen LogP contribution is 2.32. The molecule has 0 radical (unpaired) electrons. The Morgan fingerprint density at radius 2 is 1.85 bits per heavy atom. The molecule has 0 saturated heterocycles. The van der Waals surface area contributed by atoms with Crippen LogP contribution in [0.15, 0.2) is 34.4 Å². The third-order valence-electron chi connectivity index (χ3n) is 4.80. The minimum atomic E-state index is -0.212. The summed E-state index contributed by atoms with van der Waals surface area (Å²) in [7, 11) is 0. The molecule has 3 aromatic heterocycles. The molecule has 11 nitrogen and oxygen atoms in total. The summed E-state index contributed by atoms with van der Waals surface area (Å²) in [6.45, 7) is 2.31. The molecule has 5 rings (SSSR count). The third-order valence-corrected chi connectivity index (χ3v) is 4.80. The van der Waals surface area contributed by atoms with E-state index in [2.05, 4.69) is 30.8 Å². The molecule has 1 aliphatic carbocycles. The van der Waals surface area contributed by atoms with Crippen molar-refractivity contribution in [3.63, 3.8) is 0 Å². The zero-order valence-electron chi connectivity index (χ0n) is 14.4. The van der Waals surface area contributed by atoms with Gasteiger partial charge in [0.05, 0.1) is 41.2 Å². The van der Waals surface area contributed by atoms with Gasteiger partial charge in [-0.15, -0.1) is 10.2 Å². The molecule has 1 aromatic carbocycles. The van der Waals surface area contributed by atoms with Gasteiger partial charge in [-0.3, -0.25) is 14.2 Å². The topological polar surface area (TPSA) is 126 Å². The fraction of sp³-hybridized carbons (Fsp3) is 0.375. The van der Waals surface area contributed by atoms with Gasteiger partial charge >= 0.3 is 0 Å². The van der Waals surface area contributed by atoms with Gasteiger partial charge in [-0.25, -0.2) is 14.3 Å². The lowest BCUT2D eigenvalue weighted by molar-refractivity contribution is 0.419. The van der Waals surface area contributed by atoms with Crippen LogP contribution < -0.4 is 11.1 Å². The number of tetrazole rings is 1. The lowest BCUT2D eigenvalue weighted by Gasteiger charge is -2.14. The molecule has 1 saturated carbocycles. The summed E-state index contributed by atoms with van der Waals surface area (Å²) in [5.41, 5.74) is 0.457. The molecule has 0 N–H and O–H groups in total. The Labute approximate surface area is 151 Å². The van der Waals surface area contributed by atoms with E-state index in [1.165, 1.54) is 21.9 Å². The van der Waals surface area contributed by atoms with E-state index in [4.69, 9.17) is 0 Å². The van der Waals surface area contributed by atoms with E-state index in [0.29, 0.717) is 28.4 Å². The van der Waals surface area contributed by atoms with E-state index in [0.717, 1.165) is 12.8 Å². The summed E-state index contributed by atoms with van der Waals surface area (Å²) < 4.78 is 4.49. The summed E-state index contributed by atoms with van der Waals surface area (Å²) in [6.07, 6.45) is 4.86. The number of hydrogen-bond donors (Lipinski definition) is 0. The summed E-state index contributed by atoms with van der Waals surface area (Å²) in [5, 5.41) is 20.0. The highest BCUT2D eigenvalue weighted by molar-refractivity contribution is 5.93. The average molecular weight is 365 g/mol. The Balaban J connectivity index is 1.63. The molecular formula is C16H15N9O2. The molecule has 0 bridgehead atoms. The minimum absolute atomic E-state index is 0.137. The van der Waals surface area contributed by atoms with Crippen LogP contribution in [-0.2, 0) is 6.54 Å². The van der Waals surface area contributed by atoms with E-state index >= 15 is 0 Å². The predicted molar refractivity (Wildman–Crippen MR) is 94.2 cm³/mol. The van der Waals surface area contributed by atoms with Crippen LogP contribution in [0.5, 0.6) is 0 Å². The molecule has 1 atom stereocenters. The van der Waals surface area contributed by atoms with Gasteiger partial charge in [0.15, 0.2) is 0 Å². The van der Waals surface area contributed by atoms with Gasteiger partial charge in [0.2, 0.25) is 0 Å². The second kappa shape index (κ2) is 5.76.